The largest absolute Gasteiger partial charge is 0.368 e. The van der Waals surface area contributed by atoms with Crippen LogP contribution in [0, 0.1) is 0 Å². The zero-order chi connectivity index (χ0) is 10.8. The zero-order valence-corrected chi connectivity index (χ0v) is 8.65. The molecule has 1 heterocycles. The molecule has 4 N–H and O–H groups in total. The van der Waals surface area contributed by atoms with Gasteiger partial charge in [-0.05, 0) is 11.6 Å². The number of aromatic nitrogens is 3. The number of nitrogens with zero attached hydrogens (tertiary/aromatic N) is 3. The van der Waals surface area contributed by atoms with Gasteiger partial charge in [-0.25, -0.2) is 4.68 Å². The van der Waals surface area contributed by atoms with Crippen molar-refractivity contribution in [2.75, 3.05) is 11.5 Å². The summed E-state index contributed by atoms with van der Waals surface area (Å²) in [5, 5.41) is 4.62. The summed E-state index contributed by atoms with van der Waals surface area (Å²) in [6.45, 7) is 0.468. The van der Waals surface area contributed by atoms with Crippen molar-refractivity contribution < 1.29 is 0 Å². The average molecular weight is 224 g/mol. The van der Waals surface area contributed by atoms with Gasteiger partial charge in [0.15, 0.2) is 0 Å². The molecule has 5 nitrogen and oxygen atoms in total. The van der Waals surface area contributed by atoms with Gasteiger partial charge in [0, 0.05) is 5.02 Å². The molecule has 78 valence electrons. The molecule has 0 saturated heterocycles. The van der Waals surface area contributed by atoms with Crippen molar-refractivity contribution in [3.63, 3.8) is 0 Å². The van der Waals surface area contributed by atoms with Gasteiger partial charge in [0.2, 0.25) is 11.9 Å². The normalized spacial score (nSPS) is 10.5. The second kappa shape index (κ2) is 3.78. The predicted octanol–water partition coefficient (Wildman–Crippen LogP) is 1.14. The number of benzene rings is 1. The highest BCUT2D eigenvalue weighted by atomic mass is 35.5. The monoisotopic (exact) mass is 223 g/mol. The van der Waals surface area contributed by atoms with E-state index < -0.39 is 0 Å². The maximum atomic E-state index is 6.00. The molecule has 6 heteroatoms. The summed E-state index contributed by atoms with van der Waals surface area (Å²) in [6.07, 6.45) is 0. The molecule has 0 atom stereocenters. The fourth-order valence-electron chi connectivity index (χ4n) is 1.28. The van der Waals surface area contributed by atoms with Gasteiger partial charge in [0.05, 0.1) is 6.54 Å². The van der Waals surface area contributed by atoms with Crippen molar-refractivity contribution in [1.82, 2.24) is 14.8 Å². The van der Waals surface area contributed by atoms with Crippen molar-refractivity contribution in [2.45, 2.75) is 6.54 Å². The van der Waals surface area contributed by atoms with Crippen LogP contribution in [0.25, 0.3) is 0 Å². The van der Waals surface area contributed by atoms with Crippen LogP contribution in [0.3, 0.4) is 0 Å². The highest BCUT2D eigenvalue weighted by Crippen LogP contribution is 2.17. The number of hydrogen-bond donors (Lipinski definition) is 2. The van der Waals surface area contributed by atoms with Gasteiger partial charge in [-0.3, -0.25) is 0 Å². The van der Waals surface area contributed by atoms with E-state index in [1.54, 1.807) is 0 Å². The van der Waals surface area contributed by atoms with E-state index in [2.05, 4.69) is 10.1 Å². The maximum Gasteiger partial charge on any atom is 0.241 e. The summed E-state index contributed by atoms with van der Waals surface area (Å²) in [5.41, 5.74) is 11.9. The van der Waals surface area contributed by atoms with Crippen LogP contribution in [0.2, 0.25) is 5.02 Å². The molecule has 0 radical (unpaired) electrons. The zero-order valence-electron chi connectivity index (χ0n) is 7.89. The Morgan fingerprint density at radius 3 is 2.60 bits per heavy atom. The number of hydrogen-bond acceptors (Lipinski definition) is 4. The Morgan fingerprint density at radius 2 is 2.00 bits per heavy atom. The van der Waals surface area contributed by atoms with E-state index in [0.717, 1.165) is 5.56 Å². The van der Waals surface area contributed by atoms with E-state index >= 15 is 0 Å². The standard InChI is InChI=1S/C9H10ClN5/c10-7-4-2-1-3-6(7)5-15-9(12)13-8(11)14-15/h1-4H,5H2,(H4,11,12,13,14). The Kier molecular flexibility index (Phi) is 2.47. The van der Waals surface area contributed by atoms with Crippen molar-refractivity contribution in [1.29, 1.82) is 0 Å². The first kappa shape index (κ1) is 9.79. The summed E-state index contributed by atoms with van der Waals surface area (Å²) in [6, 6.07) is 7.48. The van der Waals surface area contributed by atoms with Crippen LogP contribution in [0.1, 0.15) is 5.56 Å². The van der Waals surface area contributed by atoms with Crippen LogP contribution in [0.15, 0.2) is 24.3 Å². The van der Waals surface area contributed by atoms with E-state index in [1.807, 2.05) is 24.3 Å². The lowest BCUT2D eigenvalue weighted by Crippen LogP contribution is -2.06. The third kappa shape index (κ3) is 2.02. The molecular formula is C9H10ClN5. The van der Waals surface area contributed by atoms with Crippen LogP contribution in [-0.2, 0) is 6.54 Å². The quantitative estimate of drug-likeness (QED) is 0.800. The SMILES string of the molecule is Nc1nc(N)n(Cc2ccccc2Cl)n1. The lowest BCUT2D eigenvalue weighted by molar-refractivity contribution is 0.699. The van der Waals surface area contributed by atoms with Gasteiger partial charge in [0.25, 0.3) is 0 Å². The molecule has 0 aliphatic rings. The predicted molar refractivity (Wildman–Crippen MR) is 59.4 cm³/mol. The molecule has 0 saturated carbocycles. The Bertz CT molecular complexity index is 479. The van der Waals surface area contributed by atoms with E-state index in [0.29, 0.717) is 11.6 Å². The number of anilines is 2. The van der Waals surface area contributed by atoms with Crippen LogP contribution in [0.4, 0.5) is 11.9 Å². The van der Waals surface area contributed by atoms with E-state index in [1.165, 1.54) is 4.68 Å². The first-order valence-electron chi connectivity index (χ1n) is 4.36. The second-order valence-corrected chi connectivity index (χ2v) is 3.48. The highest BCUT2D eigenvalue weighted by Gasteiger charge is 2.06. The third-order valence-corrected chi connectivity index (χ3v) is 2.36. The minimum atomic E-state index is 0.166. The number of halogens is 1. The lowest BCUT2D eigenvalue weighted by Gasteiger charge is -2.04. The summed E-state index contributed by atoms with van der Waals surface area (Å²) in [5.74, 6) is 0.451. The Morgan fingerprint density at radius 1 is 1.27 bits per heavy atom. The molecule has 0 spiro atoms. The fraction of sp³-hybridized carbons (Fsp3) is 0.111. The second-order valence-electron chi connectivity index (χ2n) is 3.08. The highest BCUT2D eigenvalue weighted by molar-refractivity contribution is 6.31. The van der Waals surface area contributed by atoms with Gasteiger partial charge < -0.3 is 11.5 Å². The molecule has 0 bridgehead atoms. The van der Waals surface area contributed by atoms with Crippen molar-refractivity contribution >= 4 is 23.5 Å². The summed E-state index contributed by atoms with van der Waals surface area (Å²) in [4.78, 5) is 3.80. The molecule has 15 heavy (non-hydrogen) atoms. The molecule has 1 aromatic carbocycles. The summed E-state index contributed by atoms with van der Waals surface area (Å²) < 4.78 is 1.51. The van der Waals surface area contributed by atoms with Crippen LogP contribution >= 0.6 is 11.6 Å². The number of nitrogen functional groups attached to an aromatic ring is 2. The van der Waals surface area contributed by atoms with Gasteiger partial charge in [-0.1, -0.05) is 29.8 Å². The topological polar surface area (TPSA) is 82.7 Å². The smallest absolute Gasteiger partial charge is 0.241 e. The first-order chi connectivity index (χ1) is 7.16. The van der Waals surface area contributed by atoms with E-state index in [-0.39, 0.29) is 11.9 Å². The summed E-state index contributed by atoms with van der Waals surface area (Å²) in [7, 11) is 0. The fourth-order valence-corrected chi connectivity index (χ4v) is 1.47. The molecule has 0 aliphatic carbocycles. The van der Waals surface area contributed by atoms with Crippen LogP contribution in [0.5, 0.6) is 0 Å². The van der Waals surface area contributed by atoms with Crippen LogP contribution < -0.4 is 11.5 Å². The lowest BCUT2D eigenvalue weighted by atomic mass is 10.2. The van der Waals surface area contributed by atoms with Crippen LogP contribution in [-0.4, -0.2) is 14.8 Å². The molecule has 0 aliphatic heterocycles. The first-order valence-corrected chi connectivity index (χ1v) is 4.74. The molecule has 0 fully saturated rings. The van der Waals surface area contributed by atoms with E-state index in [9.17, 15) is 0 Å². The molecule has 0 amide bonds. The molecule has 0 unspecified atom stereocenters. The van der Waals surface area contributed by atoms with E-state index in [4.69, 9.17) is 23.1 Å². The van der Waals surface area contributed by atoms with Crippen molar-refractivity contribution in [2.24, 2.45) is 0 Å². The Hall–Kier alpha value is -1.75. The van der Waals surface area contributed by atoms with Gasteiger partial charge in [-0.15, -0.1) is 5.10 Å². The van der Waals surface area contributed by atoms with Crippen molar-refractivity contribution in [3.8, 4) is 0 Å². The summed E-state index contributed by atoms with van der Waals surface area (Å²) >= 11 is 6.00. The van der Waals surface area contributed by atoms with Gasteiger partial charge in [0.1, 0.15) is 0 Å². The molecule has 2 aromatic rings. The van der Waals surface area contributed by atoms with Gasteiger partial charge >= 0.3 is 0 Å². The minimum absolute atomic E-state index is 0.166. The maximum absolute atomic E-state index is 6.00. The Labute approximate surface area is 91.7 Å². The number of nitrogens with two attached hydrogens (primary N) is 2. The molecule has 2 rings (SSSR count). The molecular weight excluding hydrogens is 214 g/mol. The Balaban J connectivity index is 2.29. The molecule has 1 aromatic heterocycles. The number of rotatable bonds is 2. The van der Waals surface area contributed by atoms with Crippen molar-refractivity contribution in [3.05, 3.63) is 34.9 Å². The van der Waals surface area contributed by atoms with Gasteiger partial charge in [-0.2, -0.15) is 4.98 Å². The third-order valence-electron chi connectivity index (χ3n) is 1.99. The minimum Gasteiger partial charge on any atom is -0.368 e. The average Bonchev–Trinajstić information content (AvgIpc) is 2.49.